The average Bonchev–Trinajstić information content (AvgIpc) is 2.64. The van der Waals surface area contributed by atoms with Gasteiger partial charge >= 0.3 is 0 Å². The topological polar surface area (TPSA) is 61.8 Å². The lowest BCUT2D eigenvalue weighted by Gasteiger charge is -2.24. The normalized spacial score (nSPS) is 19.5. The fraction of sp³-hybridized carbons (Fsp3) is 0.571. The zero-order valence-electron chi connectivity index (χ0n) is 15.5. The van der Waals surface area contributed by atoms with Crippen LogP contribution >= 0.6 is 0 Å². The van der Waals surface area contributed by atoms with E-state index in [-0.39, 0.29) is 11.8 Å². The molecular weight excluding hydrogens is 326 g/mol. The first-order valence-corrected chi connectivity index (χ1v) is 9.95. The van der Waals surface area contributed by atoms with Gasteiger partial charge in [0, 0.05) is 25.3 Å². The summed E-state index contributed by atoms with van der Waals surface area (Å²) in [5.74, 6) is 0.0360. The Morgan fingerprint density at radius 2 is 1.73 bits per heavy atom. The minimum absolute atomic E-state index is 0.00318. The van der Waals surface area contributed by atoms with E-state index >= 15 is 0 Å². The quantitative estimate of drug-likeness (QED) is 0.877. The second-order valence-corrected chi connectivity index (χ2v) is 7.29. The molecule has 0 radical (unpaired) electrons. The number of hydrazone groups is 1. The number of hydrogen-bond acceptors (Lipinski definition) is 3. The summed E-state index contributed by atoms with van der Waals surface area (Å²) in [5.41, 5.74) is 1.97. The predicted octanol–water partition coefficient (Wildman–Crippen LogP) is 3.63. The molecule has 3 rings (SSSR count). The molecule has 26 heavy (non-hydrogen) atoms. The van der Waals surface area contributed by atoms with Crippen molar-refractivity contribution in [1.29, 1.82) is 0 Å². The predicted molar refractivity (Wildman–Crippen MR) is 103 cm³/mol. The number of nitrogens with zero attached hydrogens (tertiary/aromatic N) is 2. The molecule has 140 valence electrons. The Morgan fingerprint density at radius 3 is 2.46 bits per heavy atom. The van der Waals surface area contributed by atoms with E-state index in [1.54, 1.807) is 0 Å². The highest BCUT2D eigenvalue weighted by molar-refractivity contribution is 6.04. The second kappa shape index (κ2) is 9.51. The summed E-state index contributed by atoms with van der Waals surface area (Å²) in [4.78, 5) is 24.5. The lowest BCUT2D eigenvalue weighted by Crippen LogP contribution is -2.39. The zero-order chi connectivity index (χ0) is 18.2. The molecule has 5 heteroatoms. The number of carbonyl (C=O) groups excluding carboxylic acids is 2. The van der Waals surface area contributed by atoms with Crippen molar-refractivity contribution >= 4 is 17.5 Å². The molecular formula is C21H29N3O2. The van der Waals surface area contributed by atoms with Crippen molar-refractivity contribution in [2.45, 2.75) is 70.3 Å². The SMILES string of the molecule is O=C(CCN1N=C(c2ccccc2)CCC1=O)NC1CCCCCCC1. The van der Waals surface area contributed by atoms with Crippen LogP contribution in [0.5, 0.6) is 0 Å². The van der Waals surface area contributed by atoms with Gasteiger partial charge in [0.2, 0.25) is 11.8 Å². The Hall–Kier alpha value is -2.17. The van der Waals surface area contributed by atoms with Gasteiger partial charge in [-0.15, -0.1) is 0 Å². The van der Waals surface area contributed by atoms with Crippen LogP contribution in [0.25, 0.3) is 0 Å². The van der Waals surface area contributed by atoms with Gasteiger partial charge in [0.15, 0.2) is 0 Å². The van der Waals surface area contributed by atoms with Gasteiger partial charge in [-0.1, -0.05) is 62.4 Å². The van der Waals surface area contributed by atoms with Crippen molar-refractivity contribution in [2.75, 3.05) is 6.54 Å². The van der Waals surface area contributed by atoms with Crippen molar-refractivity contribution in [3.05, 3.63) is 35.9 Å². The van der Waals surface area contributed by atoms with E-state index in [4.69, 9.17) is 0 Å². The van der Waals surface area contributed by atoms with E-state index in [1.807, 2.05) is 30.3 Å². The summed E-state index contributed by atoms with van der Waals surface area (Å²) in [5, 5.41) is 9.13. The van der Waals surface area contributed by atoms with Crippen LogP contribution in [-0.4, -0.2) is 35.1 Å². The molecule has 0 bridgehead atoms. The van der Waals surface area contributed by atoms with Gasteiger partial charge in [-0.3, -0.25) is 9.59 Å². The lowest BCUT2D eigenvalue weighted by atomic mass is 9.96. The van der Waals surface area contributed by atoms with Gasteiger partial charge < -0.3 is 5.32 Å². The molecule has 1 aliphatic carbocycles. The van der Waals surface area contributed by atoms with Crippen molar-refractivity contribution in [3.63, 3.8) is 0 Å². The number of carbonyl (C=O) groups is 2. The highest BCUT2D eigenvalue weighted by Gasteiger charge is 2.22. The van der Waals surface area contributed by atoms with Crippen LogP contribution in [0, 0.1) is 0 Å². The molecule has 2 amide bonds. The van der Waals surface area contributed by atoms with Crippen LogP contribution in [0.4, 0.5) is 0 Å². The minimum atomic E-state index is 0.00318. The summed E-state index contributed by atoms with van der Waals surface area (Å²) < 4.78 is 0. The molecule has 0 aromatic heterocycles. The summed E-state index contributed by atoms with van der Waals surface area (Å²) in [6.07, 6.45) is 9.83. The maximum Gasteiger partial charge on any atom is 0.243 e. The molecule has 1 heterocycles. The maximum atomic E-state index is 12.3. The molecule has 1 aromatic carbocycles. The molecule has 0 saturated heterocycles. The average molecular weight is 355 g/mol. The van der Waals surface area contributed by atoms with Gasteiger partial charge in [-0.2, -0.15) is 5.10 Å². The fourth-order valence-corrected chi connectivity index (χ4v) is 3.72. The van der Waals surface area contributed by atoms with E-state index in [0.717, 1.165) is 24.1 Å². The van der Waals surface area contributed by atoms with E-state index < -0.39 is 0 Å². The molecule has 1 aromatic rings. The molecule has 0 spiro atoms. The first-order chi connectivity index (χ1) is 12.7. The zero-order valence-corrected chi connectivity index (χ0v) is 15.5. The molecule has 5 nitrogen and oxygen atoms in total. The van der Waals surface area contributed by atoms with Crippen LogP contribution < -0.4 is 5.32 Å². The number of amides is 2. The van der Waals surface area contributed by atoms with E-state index in [1.165, 1.54) is 37.1 Å². The highest BCUT2D eigenvalue weighted by atomic mass is 16.2. The third kappa shape index (κ3) is 5.41. The Labute approximate surface area is 155 Å². The molecule has 2 aliphatic rings. The number of benzene rings is 1. The van der Waals surface area contributed by atoms with Gasteiger partial charge in [0.05, 0.1) is 12.3 Å². The summed E-state index contributed by atoms with van der Waals surface area (Å²) in [6.45, 7) is 0.355. The maximum absolute atomic E-state index is 12.3. The van der Waals surface area contributed by atoms with Crippen LogP contribution in [0.2, 0.25) is 0 Å². The minimum Gasteiger partial charge on any atom is -0.353 e. The standard InChI is InChI=1S/C21H29N3O2/c25-20(22-18-11-7-2-1-3-8-12-18)15-16-24-21(26)14-13-19(23-24)17-9-5-4-6-10-17/h4-6,9-10,18H,1-3,7-8,11-16H2,(H,22,25). The van der Waals surface area contributed by atoms with Crippen LogP contribution in [0.1, 0.15) is 69.8 Å². The number of hydrogen-bond donors (Lipinski definition) is 1. The first-order valence-electron chi connectivity index (χ1n) is 9.95. The number of nitrogens with one attached hydrogen (secondary N) is 1. The third-order valence-electron chi connectivity index (χ3n) is 5.23. The van der Waals surface area contributed by atoms with E-state index in [0.29, 0.717) is 31.8 Å². The molecule has 1 saturated carbocycles. The Morgan fingerprint density at radius 1 is 1.04 bits per heavy atom. The van der Waals surface area contributed by atoms with Crippen molar-refractivity contribution in [1.82, 2.24) is 10.3 Å². The smallest absolute Gasteiger partial charge is 0.243 e. The number of rotatable bonds is 5. The Bertz CT molecular complexity index is 634. The fourth-order valence-electron chi connectivity index (χ4n) is 3.72. The Balaban J connectivity index is 1.52. The third-order valence-corrected chi connectivity index (χ3v) is 5.23. The summed E-state index contributed by atoms with van der Waals surface area (Å²) in [6, 6.07) is 10.2. The molecule has 1 aliphatic heterocycles. The van der Waals surface area contributed by atoms with Crippen molar-refractivity contribution < 1.29 is 9.59 Å². The van der Waals surface area contributed by atoms with Crippen LogP contribution in [0.15, 0.2) is 35.4 Å². The van der Waals surface area contributed by atoms with Gasteiger partial charge in [-0.05, 0) is 18.4 Å². The molecule has 0 unspecified atom stereocenters. The van der Waals surface area contributed by atoms with Crippen LogP contribution in [-0.2, 0) is 9.59 Å². The molecule has 1 N–H and O–H groups in total. The second-order valence-electron chi connectivity index (χ2n) is 7.29. The van der Waals surface area contributed by atoms with Crippen LogP contribution in [0.3, 0.4) is 0 Å². The van der Waals surface area contributed by atoms with Gasteiger partial charge in [0.1, 0.15) is 0 Å². The van der Waals surface area contributed by atoms with E-state index in [9.17, 15) is 9.59 Å². The monoisotopic (exact) mass is 355 g/mol. The molecule has 0 atom stereocenters. The lowest BCUT2D eigenvalue weighted by molar-refractivity contribution is -0.132. The molecule has 1 fully saturated rings. The van der Waals surface area contributed by atoms with Crippen molar-refractivity contribution in [2.24, 2.45) is 5.10 Å². The first kappa shape index (κ1) is 18.6. The van der Waals surface area contributed by atoms with Gasteiger partial charge in [-0.25, -0.2) is 5.01 Å². The van der Waals surface area contributed by atoms with Crippen molar-refractivity contribution in [3.8, 4) is 0 Å². The van der Waals surface area contributed by atoms with E-state index in [2.05, 4.69) is 10.4 Å². The highest BCUT2D eigenvalue weighted by Crippen LogP contribution is 2.18. The summed E-state index contributed by atoms with van der Waals surface area (Å²) >= 11 is 0. The summed E-state index contributed by atoms with van der Waals surface area (Å²) in [7, 11) is 0. The van der Waals surface area contributed by atoms with Gasteiger partial charge in [0.25, 0.3) is 0 Å². The largest absolute Gasteiger partial charge is 0.353 e. The Kier molecular flexibility index (Phi) is 6.81.